The quantitative estimate of drug-likeness (QED) is 0.626. The molecule has 1 aliphatic rings. The molecule has 3 nitrogen and oxygen atoms in total. The zero-order valence-electron chi connectivity index (χ0n) is 10.3. The third kappa shape index (κ3) is 3.09. The highest BCUT2D eigenvalue weighted by Crippen LogP contribution is 2.36. The first-order valence-electron chi connectivity index (χ1n) is 6.09. The van der Waals surface area contributed by atoms with E-state index in [4.69, 9.17) is 10.6 Å². The molecular formula is C13H18BrFN2O. The molecule has 1 aromatic rings. The topological polar surface area (TPSA) is 47.3 Å². The summed E-state index contributed by atoms with van der Waals surface area (Å²) in [4.78, 5) is 0. The number of hydrogen-bond acceptors (Lipinski definition) is 3. The highest BCUT2D eigenvalue weighted by Gasteiger charge is 2.36. The molecule has 18 heavy (non-hydrogen) atoms. The van der Waals surface area contributed by atoms with Gasteiger partial charge in [-0.3, -0.25) is 11.3 Å². The molecule has 0 radical (unpaired) electrons. The van der Waals surface area contributed by atoms with Crippen LogP contribution in [0.25, 0.3) is 0 Å². The van der Waals surface area contributed by atoms with E-state index < -0.39 is 0 Å². The molecule has 0 heterocycles. The van der Waals surface area contributed by atoms with Gasteiger partial charge in [0.1, 0.15) is 5.82 Å². The molecule has 1 fully saturated rings. The zero-order valence-corrected chi connectivity index (χ0v) is 11.9. The minimum Gasteiger partial charge on any atom is -0.379 e. The molecule has 2 atom stereocenters. The first-order chi connectivity index (χ1) is 8.67. The van der Waals surface area contributed by atoms with Crippen LogP contribution in [0.2, 0.25) is 0 Å². The maximum Gasteiger partial charge on any atom is 0.137 e. The van der Waals surface area contributed by atoms with Crippen LogP contribution in [0.3, 0.4) is 0 Å². The number of methoxy groups -OCH3 is 1. The monoisotopic (exact) mass is 316 g/mol. The van der Waals surface area contributed by atoms with Crippen molar-refractivity contribution in [3.63, 3.8) is 0 Å². The average Bonchev–Trinajstić information content (AvgIpc) is 3.18. The Morgan fingerprint density at radius 3 is 2.83 bits per heavy atom. The molecule has 1 aliphatic carbocycles. The number of benzene rings is 1. The van der Waals surface area contributed by atoms with Crippen LogP contribution in [-0.4, -0.2) is 19.3 Å². The number of ether oxygens (including phenoxy) is 1. The lowest BCUT2D eigenvalue weighted by Crippen LogP contribution is -2.47. The second kappa shape index (κ2) is 6.10. The summed E-state index contributed by atoms with van der Waals surface area (Å²) in [5.41, 5.74) is 3.70. The Bertz CT molecular complexity index is 412. The number of nitrogens with two attached hydrogens (primary N) is 1. The van der Waals surface area contributed by atoms with E-state index >= 15 is 0 Å². The molecule has 2 unspecified atom stereocenters. The van der Waals surface area contributed by atoms with Crippen molar-refractivity contribution in [2.45, 2.75) is 31.4 Å². The van der Waals surface area contributed by atoms with E-state index in [9.17, 15) is 4.39 Å². The highest BCUT2D eigenvalue weighted by molar-refractivity contribution is 9.10. The van der Waals surface area contributed by atoms with Crippen molar-refractivity contribution in [1.82, 2.24) is 5.43 Å². The van der Waals surface area contributed by atoms with Crippen LogP contribution in [0.4, 0.5) is 4.39 Å². The van der Waals surface area contributed by atoms with E-state index in [0.717, 1.165) is 5.56 Å². The van der Waals surface area contributed by atoms with Crippen molar-refractivity contribution >= 4 is 15.9 Å². The van der Waals surface area contributed by atoms with E-state index in [1.54, 1.807) is 13.2 Å². The number of hydrazine groups is 1. The molecule has 1 aromatic carbocycles. The van der Waals surface area contributed by atoms with E-state index in [1.165, 1.54) is 18.9 Å². The van der Waals surface area contributed by atoms with Crippen LogP contribution in [0.1, 0.15) is 18.4 Å². The van der Waals surface area contributed by atoms with Gasteiger partial charge in [0.15, 0.2) is 0 Å². The van der Waals surface area contributed by atoms with Gasteiger partial charge in [0.05, 0.1) is 16.6 Å². The first-order valence-corrected chi connectivity index (χ1v) is 6.88. The molecular weight excluding hydrogens is 299 g/mol. The predicted octanol–water partition coefficient (Wildman–Crippen LogP) is 2.39. The Kier molecular flexibility index (Phi) is 4.72. The lowest BCUT2D eigenvalue weighted by atomic mass is 9.98. The SMILES string of the molecule is COC(C1CC1)C(Cc1cccc(F)c1Br)NN. The number of rotatable bonds is 6. The molecule has 5 heteroatoms. The van der Waals surface area contributed by atoms with Crippen molar-refractivity contribution in [3.8, 4) is 0 Å². The van der Waals surface area contributed by atoms with Crippen LogP contribution in [0, 0.1) is 11.7 Å². The summed E-state index contributed by atoms with van der Waals surface area (Å²) >= 11 is 3.28. The summed E-state index contributed by atoms with van der Waals surface area (Å²) < 4.78 is 19.5. The van der Waals surface area contributed by atoms with Crippen LogP contribution in [0.15, 0.2) is 22.7 Å². The smallest absolute Gasteiger partial charge is 0.137 e. The molecule has 0 spiro atoms. The van der Waals surface area contributed by atoms with E-state index in [-0.39, 0.29) is 18.0 Å². The van der Waals surface area contributed by atoms with Gasteiger partial charge in [0, 0.05) is 7.11 Å². The van der Waals surface area contributed by atoms with Gasteiger partial charge >= 0.3 is 0 Å². The lowest BCUT2D eigenvalue weighted by molar-refractivity contribution is 0.0510. The van der Waals surface area contributed by atoms with Gasteiger partial charge in [-0.25, -0.2) is 4.39 Å². The van der Waals surface area contributed by atoms with Gasteiger partial charge in [-0.15, -0.1) is 0 Å². The van der Waals surface area contributed by atoms with E-state index in [0.29, 0.717) is 16.8 Å². The fourth-order valence-corrected chi connectivity index (χ4v) is 2.75. The minimum atomic E-state index is -0.247. The fraction of sp³-hybridized carbons (Fsp3) is 0.538. The molecule has 0 aliphatic heterocycles. The lowest BCUT2D eigenvalue weighted by Gasteiger charge is -2.25. The predicted molar refractivity (Wildman–Crippen MR) is 72.4 cm³/mol. The Balaban J connectivity index is 2.11. The largest absolute Gasteiger partial charge is 0.379 e. The Labute approximate surface area is 115 Å². The van der Waals surface area contributed by atoms with Gasteiger partial charge in [-0.2, -0.15) is 0 Å². The molecule has 100 valence electrons. The maximum atomic E-state index is 13.5. The summed E-state index contributed by atoms with van der Waals surface area (Å²) in [6.45, 7) is 0. The van der Waals surface area contributed by atoms with Gasteiger partial charge in [0.2, 0.25) is 0 Å². The van der Waals surface area contributed by atoms with Crippen LogP contribution in [0.5, 0.6) is 0 Å². The third-order valence-corrected chi connectivity index (χ3v) is 4.33. The van der Waals surface area contributed by atoms with Gasteiger partial charge in [-0.05, 0) is 52.7 Å². The summed E-state index contributed by atoms with van der Waals surface area (Å²) in [6.07, 6.45) is 3.09. The molecule has 0 saturated heterocycles. The van der Waals surface area contributed by atoms with Crippen molar-refractivity contribution in [1.29, 1.82) is 0 Å². The van der Waals surface area contributed by atoms with Gasteiger partial charge < -0.3 is 4.74 Å². The summed E-state index contributed by atoms with van der Waals surface area (Å²) in [5.74, 6) is 5.94. The van der Waals surface area contributed by atoms with Crippen LogP contribution >= 0.6 is 15.9 Å². The average molecular weight is 317 g/mol. The number of nitrogens with one attached hydrogen (secondary N) is 1. The third-order valence-electron chi connectivity index (χ3n) is 3.44. The molecule has 0 aromatic heterocycles. The van der Waals surface area contributed by atoms with Crippen LogP contribution in [-0.2, 0) is 11.2 Å². The van der Waals surface area contributed by atoms with Crippen molar-refractivity contribution < 1.29 is 9.13 Å². The van der Waals surface area contributed by atoms with Crippen molar-refractivity contribution in [3.05, 3.63) is 34.1 Å². The summed E-state index contributed by atoms with van der Waals surface area (Å²) in [5, 5.41) is 0. The number of halogens is 2. The van der Waals surface area contributed by atoms with Crippen molar-refractivity contribution in [2.75, 3.05) is 7.11 Å². The second-order valence-electron chi connectivity index (χ2n) is 4.73. The normalized spacial score (nSPS) is 18.7. The van der Waals surface area contributed by atoms with E-state index in [2.05, 4.69) is 21.4 Å². The van der Waals surface area contributed by atoms with Crippen molar-refractivity contribution in [2.24, 2.45) is 11.8 Å². The molecule has 1 saturated carbocycles. The standard InChI is InChI=1S/C13H18BrFN2O/c1-18-13(8-5-6-8)11(17-16)7-9-3-2-4-10(15)12(9)14/h2-4,8,11,13,17H,5-7,16H2,1H3. The zero-order chi connectivity index (χ0) is 13.1. The number of hydrogen-bond donors (Lipinski definition) is 2. The molecule has 0 amide bonds. The first kappa shape index (κ1) is 13.9. The Hall–Kier alpha value is -0.490. The van der Waals surface area contributed by atoms with Gasteiger partial charge in [0.25, 0.3) is 0 Å². The summed E-state index contributed by atoms with van der Waals surface area (Å²) in [6, 6.07) is 5.05. The minimum absolute atomic E-state index is 0.000556. The van der Waals surface area contributed by atoms with Gasteiger partial charge in [-0.1, -0.05) is 12.1 Å². The molecule has 3 N–H and O–H groups in total. The Morgan fingerprint density at radius 1 is 1.56 bits per heavy atom. The summed E-state index contributed by atoms with van der Waals surface area (Å²) in [7, 11) is 1.70. The fourth-order valence-electron chi connectivity index (χ4n) is 2.32. The van der Waals surface area contributed by atoms with E-state index in [1.807, 2.05) is 6.07 Å². The maximum absolute atomic E-state index is 13.5. The molecule has 2 rings (SSSR count). The second-order valence-corrected chi connectivity index (χ2v) is 5.52. The highest BCUT2D eigenvalue weighted by atomic mass is 79.9. The van der Waals surface area contributed by atoms with Crippen LogP contribution < -0.4 is 11.3 Å². The Morgan fingerprint density at radius 2 is 2.28 bits per heavy atom. The molecule has 0 bridgehead atoms.